The molecule has 0 fully saturated rings. The number of rotatable bonds is 1. The van der Waals surface area contributed by atoms with Crippen LogP contribution in [0.5, 0.6) is 0 Å². The summed E-state index contributed by atoms with van der Waals surface area (Å²) >= 11 is 5.80. The molecule has 0 unspecified atom stereocenters. The van der Waals surface area contributed by atoms with Gasteiger partial charge in [0.15, 0.2) is 5.78 Å². The number of fused-ring (bicyclic) bond motifs is 1. The van der Waals surface area contributed by atoms with Gasteiger partial charge in [0, 0.05) is 10.9 Å². The lowest BCUT2D eigenvalue weighted by Crippen LogP contribution is -1.90. The summed E-state index contributed by atoms with van der Waals surface area (Å²) in [6.45, 7) is 1.52. The van der Waals surface area contributed by atoms with Crippen LogP contribution < -0.4 is 0 Å². The number of ketones is 1. The number of hydrogen-bond donors (Lipinski definition) is 1. The molecule has 0 aliphatic heterocycles. The van der Waals surface area contributed by atoms with Gasteiger partial charge in [-0.15, -0.1) is 0 Å². The molecular weight excluding hydrogens is 188 g/mol. The van der Waals surface area contributed by atoms with Gasteiger partial charge in [0.05, 0.1) is 5.52 Å². The van der Waals surface area contributed by atoms with Crippen LogP contribution in [0.4, 0.5) is 0 Å². The zero-order valence-electron chi connectivity index (χ0n) is 6.97. The predicted molar refractivity (Wildman–Crippen MR) is 51.1 cm³/mol. The van der Waals surface area contributed by atoms with Crippen LogP contribution in [0.15, 0.2) is 18.2 Å². The molecule has 0 spiro atoms. The van der Waals surface area contributed by atoms with E-state index in [0.717, 1.165) is 10.9 Å². The Morgan fingerprint density at radius 2 is 2.31 bits per heavy atom. The Labute approximate surface area is 79.7 Å². The van der Waals surface area contributed by atoms with Crippen LogP contribution in [0.2, 0.25) is 5.15 Å². The molecule has 3 nitrogen and oxygen atoms in total. The van der Waals surface area contributed by atoms with E-state index >= 15 is 0 Å². The van der Waals surface area contributed by atoms with Gasteiger partial charge in [-0.05, 0) is 19.1 Å². The topological polar surface area (TPSA) is 45.8 Å². The monoisotopic (exact) mass is 194 g/mol. The molecule has 13 heavy (non-hydrogen) atoms. The molecule has 0 radical (unpaired) electrons. The number of aromatic nitrogens is 2. The molecule has 0 saturated heterocycles. The molecule has 0 aliphatic rings. The molecule has 0 aliphatic carbocycles. The fraction of sp³-hybridized carbons (Fsp3) is 0.111. The summed E-state index contributed by atoms with van der Waals surface area (Å²) in [6, 6.07) is 5.25. The third-order valence-corrected chi connectivity index (χ3v) is 2.20. The number of halogens is 1. The molecule has 2 aromatic rings. The van der Waals surface area contributed by atoms with Gasteiger partial charge in [-0.25, -0.2) is 0 Å². The van der Waals surface area contributed by atoms with Crippen molar-refractivity contribution in [1.29, 1.82) is 0 Å². The van der Waals surface area contributed by atoms with Gasteiger partial charge < -0.3 is 0 Å². The highest BCUT2D eigenvalue weighted by atomic mass is 35.5. The van der Waals surface area contributed by atoms with Gasteiger partial charge in [0.25, 0.3) is 0 Å². The predicted octanol–water partition coefficient (Wildman–Crippen LogP) is 2.42. The number of nitrogens with zero attached hydrogens (tertiary/aromatic N) is 1. The molecular formula is C9H7ClN2O. The van der Waals surface area contributed by atoms with Crippen LogP contribution in [0, 0.1) is 0 Å². The van der Waals surface area contributed by atoms with Crippen LogP contribution in [0.3, 0.4) is 0 Å². The van der Waals surface area contributed by atoms with Crippen LogP contribution in [-0.4, -0.2) is 16.0 Å². The highest BCUT2D eigenvalue weighted by molar-refractivity contribution is 6.34. The van der Waals surface area contributed by atoms with Crippen LogP contribution in [0.25, 0.3) is 10.9 Å². The van der Waals surface area contributed by atoms with E-state index in [-0.39, 0.29) is 5.78 Å². The van der Waals surface area contributed by atoms with E-state index in [1.165, 1.54) is 6.92 Å². The molecule has 0 saturated carbocycles. The first kappa shape index (κ1) is 8.26. The van der Waals surface area contributed by atoms with E-state index in [4.69, 9.17) is 11.6 Å². The maximum Gasteiger partial charge on any atom is 0.159 e. The second kappa shape index (κ2) is 2.85. The number of carbonyl (C=O) groups excluding carboxylic acids is 1. The van der Waals surface area contributed by atoms with Gasteiger partial charge in [-0.2, -0.15) is 5.10 Å². The van der Waals surface area contributed by atoms with Gasteiger partial charge in [0.1, 0.15) is 5.15 Å². The number of Topliss-reactive ketones (excluding diaryl/α,β-unsaturated/α-hetero) is 1. The number of hydrogen-bond acceptors (Lipinski definition) is 2. The molecule has 1 aromatic heterocycles. The third-order valence-electron chi connectivity index (χ3n) is 1.92. The second-order valence-corrected chi connectivity index (χ2v) is 3.20. The zero-order chi connectivity index (χ0) is 9.42. The van der Waals surface area contributed by atoms with E-state index in [2.05, 4.69) is 10.2 Å². The summed E-state index contributed by atoms with van der Waals surface area (Å²) < 4.78 is 0. The normalized spacial score (nSPS) is 10.6. The Morgan fingerprint density at radius 3 is 3.00 bits per heavy atom. The Hall–Kier alpha value is -1.35. The lowest BCUT2D eigenvalue weighted by atomic mass is 10.1. The SMILES string of the molecule is CC(=O)c1ccc2c(Cl)[nH]nc2c1. The first-order valence-electron chi connectivity index (χ1n) is 3.83. The molecule has 0 atom stereocenters. The van der Waals surface area contributed by atoms with Gasteiger partial charge >= 0.3 is 0 Å². The summed E-state index contributed by atoms with van der Waals surface area (Å²) in [7, 11) is 0. The molecule has 1 N–H and O–H groups in total. The zero-order valence-corrected chi connectivity index (χ0v) is 7.72. The summed E-state index contributed by atoms with van der Waals surface area (Å²) in [5.74, 6) is 0.0287. The Bertz CT molecular complexity index is 475. The number of benzene rings is 1. The van der Waals surface area contributed by atoms with Crippen molar-refractivity contribution < 1.29 is 4.79 Å². The van der Waals surface area contributed by atoms with Gasteiger partial charge in [-0.1, -0.05) is 17.7 Å². The number of carbonyl (C=O) groups is 1. The fourth-order valence-corrected chi connectivity index (χ4v) is 1.40. The van der Waals surface area contributed by atoms with Crippen molar-refractivity contribution in [3.8, 4) is 0 Å². The Kier molecular flexibility index (Phi) is 1.81. The maximum atomic E-state index is 11.0. The fourth-order valence-electron chi connectivity index (χ4n) is 1.20. The molecule has 2 rings (SSSR count). The van der Waals surface area contributed by atoms with E-state index in [0.29, 0.717) is 10.7 Å². The average molecular weight is 195 g/mol. The summed E-state index contributed by atoms with van der Waals surface area (Å²) in [5.41, 5.74) is 1.37. The van der Waals surface area contributed by atoms with Crippen molar-refractivity contribution in [3.05, 3.63) is 28.9 Å². The van der Waals surface area contributed by atoms with Crippen molar-refractivity contribution in [3.63, 3.8) is 0 Å². The second-order valence-electron chi connectivity index (χ2n) is 2.83. The molecule has 0 amide bonds. The van der Waals surface area contributed by atoms with E-state index in [1.807, 2.05) is 0 Å². The quantitative estimate of drug-likeness (QED) is 0.709. The summed E-state index contributed by atoms with van der Waals surface area (Å²) in [4.78, 5) is 11.0. The first-order chi connectivity index (χ1) is 6.18. The smallest absolute Gasteiger partial charge is 0.159 e. The molecule has 0 bridgehead atoms. The first-order valence-corrected chi connectivity index (χ1v) is 4.21. The number of nitrogens with one attached hydrogen (secondary N) is 1. The van der Waals surface area contributed by atoms with Crippen LogP contribution >= 0.6 is 11.6 Å². The Morgan fingerprint density at radius 1 is 1.54 bits per heavy atom. The minimum atomic E-state index is 0.0287. The van der Waals surface area contributed by atoms with Crippen LogP contribution in [-0.2, 0) is 0 Å². The van der Waals surface area contributed by atoms with E-state index in [1.54, 1.807) is 18.2 Å². The van der Waals surface area contributed by atoms with Crippen molar-refractivity contribution in [2.75, 3.05) is 0 Å². The minimum absolute atomic E-state index is 0.0287. The highest BCUT2D eigenvalue weighted by Gasteiger charge is 2.05. The summed E-state index contributed by atoms with van der Waals surface area (Å²) in [5, 5.41) is 7.94. The van der Waals surface area contributed by atoms with Gasteiger partial charge in [0.2, 0.25) is 0 Å². The van der Waals surface area contributed by atoms with E-state index in [9.17, 15) is 4.79 Å². The number of H-pyrrole nitrogens is 1. The standard InChI is InChI=1S/C9H7ClN2O/c1-5(13)6-2-3-7-8(4-6)11-12-9(7)10/h2-4H,1H3,(H,11,12). The van der Waals surface area contributed by atoms with Crippen molar-refractivity contribution in [1.82, 2.24) is 10.2 Å². The molecule has 4 heteroatoms. The molecule has 1 aromatic carbocycles. The average Bonchev–Trinajstić information content (AvgIpc) is 2.47. The van der Waals surface area contributed by atoms with Gasteiger partial charge in [-0.3, -0.25) is 9.89 Å². The van der Waals surface area contributed by atoms with Crippen LogP contribution in [0.1, 0.15) is 17.3 Å². The minimum Gasteiger partial charge on any atom is -0.295 e. The largest absolute Gasteiger partial charge is 0.295 e. The lowest BCUT2D eigenvalue weighted by molar-refractivity contribution is 0.101. The van der Waals surface area contributed by atoms with Crippen molar-refractivity contribution in [2.24, 2.45) is 0 Å². The van der Waals surface area contributed by atoms with E-state index < -0.39 is 0 Å². The Balaban J connectivity index is 2.70. The van der Waals surface area contributed by atoms with Crippen molar-refractivity contribution >= 4 is 28.3 Å². The molecule has 1 heterocycles. The maximum absolute atomic E-state index is 11.0. The summed E-state index contributed by atoms with van der Waals surface area (Å²) in [6.07, 6.45) is 0. The number of aromatic amines is 1. The third kappa shape index (κ3) is 1.31. The molecule has 66 valence electrons. The lowest BCUT2D eigenvalue weighted by Gasteiger charge is -1.93. The van der Waals surface area contributed by atoms with Crippen molar-refractivity contribution in [2.45, 2.75) is 6.92 Å². The highest BCUT2D eigenvalue weighted by Crippen LogP contribution is 2.21.